The van der Waals surface area contributed by atoms with E-state index in [9.17, 15) is 13.2 Å². The SMILES string of the molecule is CCC(NC(=O)c1ccccc1N(C)S(C)(=O)=O)c1ccc(C)cc1. The number of para-hydroxylation sites is 1. The number of rotatable bonds is 6. The Balaban J connectivity index is 2.30. The van der Waals surface area contributed by atoms with Crippen LogP contribution in [0.1, 0.15) is 40.9 Å². The molecule has 0 heterocycles. The first kappa shape index (κ1) is 19.0. The zero-order chi connectivity index (χ0) is 18.6. The van der Waals surface area contributed by atoms with Gasteiger partial charge in [0.25, 0.3) is 5.91 Å². The van der Waals surface area contributed by atoms with Gasteiger partial charge in [0, 0.05) is 7.05 Å². The zero-order valence-electron chi connectivity index (χ0n) is 15.0. The Bertz CT molecular complexity index is 845. The summed E-state index contributed by atoms with van der Waals surface area (Å²) >= 11 is 0. The van der Waals surface area contributed by atoms with E-state index in [0.29, 0.717) is 11.3 Å². The highest BCUT2D eigenvalue weighted by atomic mass is 32.2. The van der Waals surface area contributed by atoms with Gasteiger partial charge >= 0.3 is 0 Å². The quantitative estimate of drug-likeness (QED) is 0.860. The van der Waals surface area contributed by atoms with Gasteiger partial charge < -0.3 is 5.32 Å². The summed E-state index contributed by atoms with van der Waals surface area (Å²) in [6, 6.07) is 14.6. The Labute approximate surface area is 149 Å². The van der Waals surface area contributed by atoms with Crippen molar-refractivity contribution in [1.29, 1.82) is 0 Å². The van der Waals surface area contributed by atoms with Crippen molar-refractivity contribution < 1.29 is 13.2 Å². The van der Waals surface area contributed by atoms with Gasteiger partial charge in [-0.25, -0.2) is 8.42 Å². The molecule has 0 saturated carbocycles. The average molecular weight is 360 g/mol. The molecule has 1 N–H and O–H groups in total. The van der Waals surface area contributed by atoms with Crippen LogP contribution in [-0.4, -0.2) is 27.6 Å². The van der Waals surface area contributed by atoms with Crippen LogP contribution >= 0.6 is 0 Å². The highest BCUT2D eigenvalue weighted by Crippen LogP contribution is 2.23. The number of carbonyl (C=O) groups excluding carboxylic acids is 1. The minimum Gasteiger partial charge on any atom is -0.345 e. The van der Waals surface area contributed by atoms with Crippen molar-refractivity contribution in [2.45, 2.75) is 26.3 Å². The molecular weight excluding hydrogens is 336 g/mol. The standard InChI is InChI=1S/C19H24N2O3S/c1-5-17(15-12-10-14(2)11-13-15)20-19(22)16-8-6-7-9-18(16)21(3)25(4,23)24/h6-13,17H,5H2,1-4H3,(H,20,22). The maximum atomic E-state index is 12.8. The van der Waals surface area contributed by atoms with Crippen LogP contribution in [0.3, 0.4) is 0 Å². The van der Waals surface area contributed by atoms with Gasteiger partial charge in [-0.1, -0.05) is 48.9 Å². The maximum Gasteiger partial charge on any atom is 0.253 e. The number of aryl methyl sites for hydroxylation is 1. The van der Waals surface area contributed by atoms with E-state index in [1.807, 2.05) is 38.1 Å². The molecule has 6 heteroatoms. The van der Waals surface area contributed by atoms with Gasteiger partial charge in [0.15, 0.2) is 0 Å². The lowest BCUT2D eigenvalue weighted by atomic mass is 10.0. The minimum absolute atomic E-state index is 0.135. The fourth-order valence-corrected chi connectivity index (χ4v) is 3.09. The van der Waals surface area contributed by atoms with Gasteiger partial charge in [-0.2, -0.15) is 0 Å². The molecule has 0 saturated heterocycles. The molecule has 0 bridgehead atoms. The summed E-state index contributed by atoms with van der Waals surface area (Å²) in [4.78, 5) is 12.8. The van der Waals surface area contributed by atoms with Crippen LogP contribution in [0.15, 0.2) is 48.5 Å². The molecule has 0 aliphatic heterocycles. The van der Waals surface area contributed by atoms with E-state index in [-0.39, 0.29) is 11.9 Å². The zero-order valence-corrected chi connectivity index (χ0v) is 15.8. The summed E-state index contributed by atoms with van der Waals surface area (Å²) in [6.45, 7) is 4.01. The van der Waals surface area contributed by atoms with Crippen LogP contribution in [0.5, 0.6) is 0 Å². The lowest BCUT2D eigenvalue weighted by Gasteiger charge is -2.22. The largest absolute Gasteiger partial charge is 0.345 e. The third kappa shape index (κ3) is 4.60. The Hall–Kier alpha value is -2.34. The Morgan fingerprint density at radius 1 is 1.12 bits per heavy atom. The van der Waals surface area contributed by atoms with Crippen molar-refractivity contribution >= 4 is 21.6 Å². The highest BCUT2D eigenvalue weighted by Gasteiger charge is 2.21. The Kier molecular flexibility index (Phi) is 5.85. The second kappa shape index (κ2) is 7.70. The van der Waals surface area contributed by atoms with E-state index in [4.69, 9.17) is 0 Å². The van der Waals surface area contributed by atoms with E-state index in [2.05, 4.69) is 5.32 Å². The number of amides is 1. The minimum atomic E-state index is -3.45. The summed E-state index contributed by atoms with van der Waals surface area (Å²) in [5.74, 6) is -0.293. The van der Waals surface area contributed by atoms with Gasteiger partial charge in [-0.3, -0.25) is 9.10 Å². The first-order valence-electron chi connectivity index (χ1n) is 8.14. The third-order valence-electron chi connectivity index (χ3n) is 4.18. The van der Waals surface area contributed by atoms with Crippen LogP contribution in [0.25, 0.3) is 0 Å². The van der Waals surface area contributed by atoms with Gasteiger partial charge in [-0.15, -0.1) is 0 Å². The van der Waals surface area contributed by atoms with Gasteiger partial charge in [0.05, 0.1) is 23.5 Å². The van der Waals surface area contributed by atoms with Crippen LogP contribution in [0.4, 0.5) is 5.69 Å². The number of anilines is 1. The molecule has 0 aromatic heterocycles. The van der Waals surface area contributed by atoms with Crippen molar-refractivity contribution in [3.8, 4) is 0 Å². The third-order valence-corrected chi connectivity index (χ3v) is 5.37. The first-order chi connectivity index (χ1) is 11.7. The summed E-state index contributed by atoms with van der Waals surface area (Å²) in [6.07, 6.45) is 1.85. The number of sulfonamides is 1. The molecular formula is C19H24N2O3S. The molecule has 134 valence electrons. The molecule has 1 unspecified atom stereocenters. The molecule has 1 atom stereocenters. The molecule has 5 nitrogen and oxygen atoms in total. The smallest absolute Gasteiger partial charge is 0.253 e. The van der Waals surface area contributed by atoms with E-state index >= 15 is 0 Å². The van der Waals surface area contributed by atoms with Crippen molar-refractivity contribution in [3.63, 3.8) is 0 Å². The molecule has 2 aromatic carbocycles. The predicted molar refractivity (Wildman–Crippen MR) is 101 cm³/mol. The van der Waals surface area contributed by atoms with Crippen LogP contribution in [0.2, 0.25) is 0 Å². The lowest BCUT2D eigenvalue weighted by Crippen LogP contribution is -2.32. The molecule has 0 radical (unpaired) electrons. The molecule has 25 heavy (non-hydrogen) atoms. The summed E-state index contributed by atoms with van der Waals surface area (Å²) in [5.41, 5.74) is 2.88. The average Bonchev–Trinajstić information content (AvgIpc) is 2.59. The second-order valence-corrected chi connectivity index (χ2v) is 8.11. The number of hydrogen-bond acceptors (Lipinski definition) is 3. The van der Waals surface area contributed by atoms with E-state index in [1.54, 1.807) is 24.3 Å². The molecule has 0 aliphatic carbocycles. The topological polar surface area (TPSA) is 66.5 Å². The fraction of sp³-hybridized carbons (Fsp3) is 0.316. The van der Waals surface area contributed by atoms with Crippen molar-refractivity contribution in [3.05, 3.63) is 65.2 Å². The molecule has 0 fully saturated rings. The normalized spacial score (nSPS) is 12.5. The van der Waals surface area contributed by atoms with E-state index in [1.165, 1.54) is 7.05 Å². The number of benzene rings is 2. The number of nitrogens with zero attached hydrogens (tertiary/aromatic N) is 1. The summed E-state index contributed by atoms with van der Waals surface area (Å²) in [7, 11) is -2.01. The number of hydrogen-bond donors (Lipinski definition) is 1. The molecule has 1 amide bonds. The maximum absolute atomic E-state index is 12.8. The van der Waals surface area contributed by atoms with Crippen molar-refractivity contribution in [2.24, 2.45) is 0 Å². The Morgan fingerprint density at radius 2 is 1.72 bits per heavy atom. The predicted octanol–water partition coefficient (Wildman–Crippen LogP) is 3.27. The van der Waals surface area contributed by atoms with Gasteiger partial charge in [0.2, 0.25) is 10.0 Å². The van der Waals surface area contributed by atoms with E-state index < -0.39 is 10.0 Å². The van der Waals surface area contributed by atoms with E-state index in [0.717, 1.165) is 28.1 Å². The van der Waals surface area contributed by atoms with Crippen LogP contribution in [-0.2, 0) is 10.0 Å². The molecule has 2 rings (SSSR count). The van der Waals surface area contributed by atoms with Crippen molar-refractivity contribution in [2.75, 3.05) is 17.6 Å². The molecule has 2 aromatic rings. The highest BCUT2D eigenvalue weighted by molar-refractivity contribution is 7.92. The van der Waals surface area contributed by atoms with Crippen molar-refractivity contribution in [1.82, 2.24) is 5.32 Å². The number of nitrogens with one attached hydrogen (secondary N) is 1. The summed E-state index contributed by atoms with van der Waals surface area (Å²) < 4.78 is 24.8. The van der Waals surface area contributed by atoms with Gasteiger partial charge in [-0.05, 0) is 31.0 Å². The fourth-order valence-electron chi connectivity index (χ4n) is 2.57. The second-order valence-electron chi connectivity index (χ2n) is 6.09. The van der Waals surface area contributed by atoms with Crippen LogP contribution in [0, 0.1) is 6.92 Å². The lowest BCUT2D eigenvalue weighted by molar-refractivity contribution is 0.0936. The van der Waals surface area contributed by atoms with Gasteiger partial charge in [0.1, 0.15) is 0 Å². The monoisotopic (exact) mass is 360 g/mol. The molecule has 0 aliphatic rings. The first-order valence-corrected chi connectivity index (χ1v) is 9.99. The summed E-state index contributed by atoms with van der Waals surface area (Å²) in [5, 5.41) is 3.01. The molecule has 0 spiro atoms. The Morgan fingerprint density at radius 3 is 2.28 bits per heavy atom. The van der Waals surface area contributed by atoms with Crippen LogP contribution < -0.4 is 9.62 Å². The number of carbonyl (C=O) groups is 1.